The zero-order chi connectivity index (χ0) is 19.0. The number of phenolic OH excluding ortho intramolecular Hbond substituents is 1. The van der Waals surface area contributed by atoms with Crippen LogP contribution in [0.2, 0.25) is 0 Å². The van der Waals surface area contributed by atoms with Crippen LogP contribution in [0, 0.1) is 5.92 Å². The average molecular weight is 377 g/mol. The summed E-state index contributed by atoms with van der Waals surface area (Å²) in [5.41, 5.74) is 1.70. The molecule has 0 bridgehead atoms. The van der Waals surface area contributed by atoms with Crippen molar-refractivity contribution in [3.63, 3.8) is 0 Å². The first-order chi connectivity index (χ1) is 12.3. The summed E-state index contributed by atoms with van der Waals surface area (Å²) in [6.07, 6.45) is 14.6. The average Bonchev–Trinajstić information content (AvgIpc) is 2.53. The van der Waals surface area contributed by atoms with Crippen LogP contribution < -0.4 is 4.18 Å². The Labute approximate surface area is 154 Å². The van der Waals surface area contributed by atoms with E-state index in [-0.39, 0.29) is 11.5 Å². The number of nitrogens with zero attached hydrogens (tertiary/aromatic N) is 1. The molecule has 26 heavy (non-hydrogen) atoms. The Hall–Kier alpha value is -2.38. The number of rotatable bonds is 8. The molecule has 1 aromatic carbocycles. The van der Waals surface area contributed by atoms with Gasteiger partial charge in [-0.2, -0.15) is 8.42 Å². The lowest BCUT2D eigenvalue weighted by Gasteiger charge is -2.10. The minimum atomic E-state index is -4.62. The van der Waals surface area contributed by atoms with Crippen molar-refractivity contribution < 1.29 is 22.3 Å². The molecular formula is C19H23NO5S. The number of hydrogen-bond donors (Lipinski definition) is 2. The molecule has 0 radical (unpaired) electrons. The van der Waals surface area contributed by atoms with Gasteiger partial charge in [0.1, 0.15) is 11.5 Å². The highest BCUT2D eigenvalue weighted by atomic mass is 32.3. The first-order valence-corrected chi connectivity index (χ1v) is 9.74. The van der Waals surface area contributed by atoms with Crippen molar-refractivity contribution in [2.75, 3.05) is 6.54 Å². The minimum absolute atomic E-state index is 0.160. The maximum Gasteiger partial charge on any atom is 0.446 e. The topological polar surface area (TPSA) is 96.2 Å². The van der Waals surface area contributed by atoms with E-state index in [1.54, 1.807) is 12.2 Å². The molecule has 1 aliphatic rings. The molecular weight excluding hydrogens is 354 g/mol. The summed E-state index contributed by atoms with van der Waals surface area (Å²) in [5.74, 6) is 0.210. The van der Waals surface area contributed by atoms with Gasteiger partial charge in [0.25, 0.3) is 0 Å². The number of hydrogen-bond acceptors (Lipinski definition) is 5. The SMILES string of the molecule is C[C@@H]1C=CC(CCC/C=C/C=C/c2cc(O)cc(OS(=O)(=O)O)c2)=NC1. The van der Waals surface area contributed by atoms with E-state index in [0.29, 0.717) is 11.5 Å². The molecule has 0 fully saturated rings. The third-order valence-electron chi connectivity index (χ3n) is 3.65. The monoisotopic (exact) mass is 377 g/mol. The highest BCUT2D eigenvalue weighted by molar-refractivity contribution is 7.81. The Balaban J connectivity index is 1.80. The molecule has 6 nitrogen and oxygen atoms in total. The molecule has 0 spiro atoms. The van der Waals surface area contributed by atoms with Crippen LogP contribution in [-0.4, -0.2) is 30.3 Å². The molecule has 1 aliphatic heterocycles. The molecule has 140 valence electrons. The largest absolute Gasteiger partial charge is 0.508 e. The van der Waals surface area contributed by atoms with Gasteiger partial charge < -0.3 is 9.29 Å². The second-order valence-electron chi connectivity index (χ2n) is 6.12. The van der Waals surface area contributed by atoms with Crippen LogP contribution in [0.5, 0.6) is 11.5 Å². The predicted molar refractivity (Wildman–Crippen MR) is 103 cm³/mol. The van der Waals surface area contributed by atoms with Crippen molar-refractivity contribution in [3.8, 4) is 11.5 Å². The van der Waals surface area contributed by atoms with E-state index in [2.05, 4.69) is 28.3 Å². The van der Waals surface area contributed by atoms with Crippen molar-refractivity contribution in [3.05, 3.63) is 54.1 Å². The van der Waals surface area contributed by atoms with Crippen molar-refractivity contribution in [1.29, 1.82) is 0 Å². The van der Waals surface area contributed by atoms with Crippen LogP contribution in [0.3, 0.4) is 0 Å². The summed E-state index contributed by atoms with van der Waals surface area (Å²) in [6.45, 7) is 3.02. The van der Waals surface area contributed by atoms with Crippen molar-refractivity contribution >= 4 is 22.2 Å². The fourth-order valence-corrected chi connectivity index (χ4v) is 2.77. The molecule has 7 heteroatoms. The molecule has 1 atom stereocenters. The fourth-order valence-electron chi connectivity index (χ4n) is 2.43. The highest BCUT2D eigenvalue weighted by Crippen LogP contribution is 2.23. The Kier molecular flexibility index (Phi) is 7.17. The standard InChI is InChI=1S/C19H23NO5S/c1-15-9-10-17(20-14-15)8-6-4-2-3-5-7-16-11-18(21)13-19(12-16)25-26(22,23)24/h2-3,5,7,9-13,15,21H,4,6,8,14H2,1H3,(H,22,23,24)/b3-2+,7-5+/t15-/m1/s1. The van der Waals surface area contributed by atoms with E-state index in [1.165, 1.54) is 12.1 Å². The molecule has 1 aromatic rings. The second kappa shape index (κ2) is 9.35. The Morgan fingerprint density at radius 3 is 2.81 bits per heavy atom. The summed E-state index contributed by atoms with van der Waals surface area (Å²) < 4.78 is 34.5. The van der Waals surface area contributed by atoms with E-state index in [0.717, 1.165) is 37.6 Å². The number of dihydropyridines is 1. The van der Waals surface area contributed by atoms with Gasteiger partial charge >= 0.3 is 10.4 Å². The summed E-state index contributed by atoms with van der Waals surface area (Å²) in [4.78, 5) is 4.52. The predicted octanol–water partition coefficient (Wildman–Crippen LogP) is 3.96. The van der Waals surface area contributed by atoms with Crippen LogP contribution in [0.25, 0.3) is 6.08 Å². The Morgan fingerprint density at radius 1 is 1.31 bits per heavy atom. The molecule has 1 heterocycles. The maximum absolute atomic E-state index is 10.7. The van der Waals surface area contributed by atoms with Crippen LogP contribution in [0.15, 0.2) is 53.6 Å². The third kappa shape index (κ3) is 7.67. The van der Waals surface area contributed by atoms with Crippen LogP contribution in [0.4, 0.5) is 0 Å². The Morgan fingerprint density at radius 2 is 2.12 bits per heavy atom. The fraction of sp³-hybridized carbons (Fsp3) is 0.316. The molecule has 0 amide bonds. The van der Waals surface area contributed by atoms with Gasteiger partial charge in [-0.05, 0) is 49.0 Å². The number of phenols is 1. The van der Waals surface area contributed by atoms with Crippen LogP contribution in [-0.2, 0) is 10.4 Å². The van der Waals surface area contributed by atoms with Gasteiger partial charge in [0.15, 0.2) is 0 Å². The summed E-state index contributed by atoms with van der Waals surface area (Å²) in [5, 5.41) is 9.58. The number of aliphatic imine (C=N–C) groups is 1. The first kappa shape index (κ1) is 19.9. The van der Waals surface area contributed by atoms with Gasteiger partial charge in [0.2, 0.25) is 0 Å². The zero-order valence-corrected chi connectivity index (χ0v) is 15.4. The van der Waals surface area contributed by atoms with E-state index in [4.69, 9.17) is 4.55 Å². The Bertz CT molecular complexity index is 837. The molecule has 0 saturated heterocycles. The number of unbranched alkanes of at least 4 members (excludes halogenated alkanes) is 1. The van der Waals surface area contributed by atoms with Crippen LogP contribution in [0.1, 0.15) is 31.7 Å². The number of benzene rings is 1. The molecule has 0 saturated carbocycles. The van der Waals surface area contributed by atoms with Gasteiger partial charge in [-0.15, -0.1) is 0 Å². The van der Waals surface area contributed by atoms with Crippen LogP contribution >= 0.6 is 0 Å². The lowest BCUT2D eigenvalue weighted by Crippen LogP contribution is -2.06. The van der Waals surface area contributed by atoms with E-state index in [1.807, 2.05) is 12.2 Å². The maximum atomic E-state index is 10.7. The first-order valence-electron chi connectivity index (χ1n) is 8.37. The molecule has 0 unspecified atom stereocenters. The smallest absolute Gasteiger partial charge is 0.446 e. The molecule has 2 N–H and O–H groups in total. The third-order valence-corrected chi connectivity index (χ3v) is 4.06. The summed E-state index contributed by atoms with van der Waals surface area (Å²) in [6, 6.07) is 3.95. The summed E-state index contributed by atoms with van der Waals surface area (Å²) in [7, 11) is -4.62. The quantitative estimate of drug-likeness (QED) is 0.406. The van der Waals surface area contributed by atoms with Gasteiger partial charge in [0, 0.05) is 18.3 Å². The van der Waals surface area contributed by atoms with E-state index in [9.17, 15) is 13.5 Å². The number of aromatic hydroxyl groups is 1. The minimum Gasteiger partial charge on any atom is -0.508 e. The normalized spacial score (nSPS) is 17.8. The number of allylic oxidation sites excluding steroid dienone is 4. The van der Waals surface area contributed by atoms with Gasteiger partial charge in [-0.25, -0.2) is 0 Å². The van der Waals surface area contributed by atoms with Gasteiger partial charge in [-0.1, -0.05) is 37.3 Å². The van der Waals surface area contributed by atoms with E-state index < -0.39 is 10.4 Å². The molecule has 0 aromatic heterocycles. The van der Waals surface area contributed by atoms with Crippen molar-refractivity contribution in [1.82, 2.24) is 0 Å². The van der Waals surface area contributed by atoms with Crippen molar-refractivity contribution in [2.45, 2.75) is 26.2 Å². The van der Waals surface area contributed by atoms with Gasteiger partial charge in [-0.3, -0.25) is 9.55 Å². The van der Waals surface area contributed by atoms with Gasteiger partial charge in [0.05, 0.1) is 0 Å². The molecule has 2 rings (SSSR count). The van der Waals surface area contributed by atoms with E-state index >= 15 is 0 Å². The molecule has 0 aliphatic carbocycles. The lowest BCUT2D eigenvalue weighted by molar-refractivity contribution is 0.385. The second-order valence-corrected chi connectivity index (χ2v) is 7.14. The highest BCUT2D eigenvalue weighted by Gasteiger charge is 2.08. The van der Waals surface area contributed by atoms with Crippen molar-refractivity contribution in [2.24, 2.45) is 10.9 Å². The zero-order valence-electron chi connectivity index (χ0n) is 14.6. The summed E-state index contributed by atoms with van der Waals surface area (Å²) >= 11 is 0. The lowest BCUT2D eigenvalue weighted by atomic mass is 10.0.